The molecular formula is C20H27N3O5. The SMILES string of the molecule is COc1ccc([N+](=O)[O-])c(C(=O)N2CCN(C(=O)CCC3CCCC3)CC2)c1. The molecule has 3 rings (SSSR count). The number of carbonyl (C=O) groups excluding carboxylic acids is 2. The molecule has 8 heteroatoms. The maximum absolute atomic E-state index is 12.8. The normalized spacial score (nSPS) is 17.6. The average Bonchev–Trinajstić information content (AvgIpc) is 3.24. The van der Waals surface area contributed by atoms with Crippen molar-refractivity contribution >= 4 is 17.5 Å². The van der Waals surface area contributed by atoms with Gasteiger partial charge in [0.2, 0.25) is 5.91 Å². The summed E-state index contributed by atoms with van der Waals surface area (Å²) in [6, 6.07) is 4.16. The Balaban J connectivity index is 1.57. The lowest BCUT2D eigenvalue weighted by atomic mass is 10.0. The van der Waals surface area contributed by atoms with E-state index in [2.05, 4.69) is 0 Å². The van der Waals surface area contributed by atoms with Crippen LogP contribution < -0.4 is 4.74 Å². The number of hydrogen-bond donors (Lipinski definition) is 0. The van der Waals surface area contributed by atoms with Crippen LogP contribution in [0.4, 0.5) is 5.69 Å². The smallest absolute Gasteiger partial charge is 0.282 e. The minimum atomic E-state index is -0.560. The summed E-state index contributed by atoms with van der Waals surface area (Å²) in [6.45, 7) is 1.69. The van der Waals surface area contributed by atoms with Crippen molar-refractivity contribution in [1.29, 1.82) is 0 Å². The topological polar surface area (TPSA) is 93.0 Å². The molecule has 0 atom stereocenters. The molecule has 0 unspecified atom stereocenters. The number of piperazine rings is 1. The fourth-order valence-corrected chi connectivity index (χ4v) is 4.09. The van der Waals surface area contributed by atoms with Gasteiger partial charge in [-0.05, 0) is 24.5 Å². The van der Waals surface area contributed by atoms with Gasteiger partial charge in [-0.3, -0.25) is 19.7 Å². The lowest BCUT2D eigenvalue weighted by molar-refractivity contribution is -0.385. The summed E-state index contributed by atoms with van der Waals surface area (Å²) in [5.74, 6) is 0.824. The minimum Gasteiger partial charge on any atom is -0.497 e. The summed E-state index contributed by atoms with van der Waals surface area (Å²) < 4.78 is 5.10. The molecule has 0 spiro atoms. The molecule has 0 bridgehead atoms. The molecule has 2 aliphatic rings. The first-order valence-electron chi connectivity index (χ1n) is 9.89. The molecule has 1 saturated heterocycles. The van der Waals surface area contributed by atoms with Gasteiger partial charge in [0.05, 0.1) is 12.0 Å². The number of carbonyl (C=O) groups is 2. The number of nitro groups is 1. The highest BCUT2D eigenvalue weighted by Gasteiger charge is 2.29. The van der Waals surface area contributed by atoms with E-state index >= 15 is 0 Å². The molecule has 1 aliphatic heterocycles. The lowest BCUT2D eigenvalue weighted by Gasteiger charge is -2.35. The molecule has 1 aliphatic carbocycles. The third-order valence-corrected chi connectivity index (χ3v) is 5.79. The Bertz CT molecular complexity index is 737. The van der Waals surface area contributed by atoms with E-state index in [9.17, 15) is 19.7 Å². The van der Waals surface area contributed by atoms with Gasteiger partial charge in [0.25, 0.3) is 11.6 Å². The molecule has 2 fully saturated rings. The first-order chi connectivity index (χ1) is 13.5. The van der Waals surface area contributed by atoms with Gasteiger partial charge in [-0.2, -0.15) is 0 Å². The van der Waals surface area contributed by atoms with E-state index in [1.165, 1.54) is 51.0 Å². The number of rotatable bonds is 6. The molecular weight excluding hydrogens is 362 g/mol. The molecule has 1 heterocycles. The Kier molecular flexibility index (Phi) is 6.49. The Morgan fingerprint density at radius 2 is 1.79 bits per heavy atom. The summed E-state index contributed by atoms with van der Waals surface area (Å²) in [5, 5.41) is 11.3. The summed E-state index contributed by atoms with van der Waals surface area (Å²) in [4.78, 5) is 39.4. The largest absolute Gasteiger partial charge is 0.497 e. The first-order valence-corrected chi connectivity index (χ1v) is 9.89. The molecule has 152 valence electrons. The summed E-state index contributed by atoms with van der Waals surface area (Å²) >= 11 is 0. The van der Waals surface area contributed by atoms with E-state index in [4.69, 9.17) is 4.74 Å². The van der Waals surface area contributed by atoms with Crippen molar-refractivity contribution in [3.63, 3.8) is 0 Å². The second-order valence-corrected chi connectivity index (χ2v) is 7.50. The number of nitro benzene ring substituents is 1. The van der Waals surface area contributed by atoms with E-state index in [1.807, 2.05) is 0 Å². The Hall–Kier alpha value is -2.64. The number of nitrogens with zero attached hydrogens (tertiary/aromatic N) is 3. The Morgan fingerprint density at radius 3 is 2.39 bits per heavy atom. The second kappa shape index (κ2) is 9.03. The highest BCUT2D eigenvalue weighted by Crippen LogP contribution is 2.29. The van der Waals surface area contributed by atoms with Crippen LogP contribution in [-0.2, 0) is 4.79 Å². The predicted octanol–water partition coefficient (Wildman–Crippen LogP) is 2.86. The van der Waals surface area contributed by atoms with Gasteiger partial charge in [-0.15, -0.1) is 0 Å². The molecule has 2 amide bonds. The Labute approximate surface area is 164 Å². The van der Waals surface area contributed by atoms with Crippen molar-refractivity contribution in [2.24, 2.45) is 5.92 Å². The molecule has 1 aromatic carbocycles. The van der Waals surface area contributed by atoms with Crippen LogP contribution in [0.2, 0.25) is 0 Å². The zero-order chi connectivity index (χ0) is 20.1. The van der Waals surface area contributed by atoms with Crippen molar-refractivity contribution in [2.45, 2.75) is 38.5 Å². The lowest BCUT2D eigenvalue weighted by Crippen LogP contribution is -2.50. The van der Waals surface area contributed by atoms with Crippen LogP contribution in [0.3, 0.4) is 0 Å². The van der Waals surface area contributed by atoms with Crippen molar-refractivity contribution in [3.8, 4) is 5.75 Å². The first kappa shape index (κ1) is 20.1. The van der Waals surface area contributed by atoms with Gasteiger partial charge in [0.1, 0.15) is 11.3 Å². The zero-order valence-corrected chi connectivity index (χ0v) is 16.3. The van der Waals surface area contributed by atoms with Gasteiger partial charge in [0.15, 0.2) is 0 Å². The molecule has 8 nitrogen and oxygen atoms in total. The van der Waals surface area contributed by atoms with Crippen LogP contribution in [-0.4, -0.2) is 59.8 Å². The zero-order valence-electron chi connectivity index (χ0n) is 16.3. The van der Waals surface area contributed by atoms with E-state index < -0.39 is 10.8 Å². The highest BCUT2D eigenvalue weighted by molar-refractivity contribution is 5.98. The maximum atomic E-state index is 12.8. The number of benzene rings is 1. The minimum absolute atomic E-state index is 0.0189. The van der Waals surface area contributed by atoms with Crippen LogP contribution in [0, 0.1) is 16.0 Å². The van der Waals surface area contributed by atoms with Crippen LogP contribution >= 0.6 is 0 Å². The van der Waals surface area contributed by atoms with Gasteiger partial charge < -0.3 is 14.5 Å². The van der Waals surface area contributed by atoms with Crippen molar-refractivity contribution in [2.75, 3.05) is 33.3 Å². The van der Waals surface area contributed by atoms with E-state index in [-0.39, 0.29) is 17.2 Å². The van der Waals surface area contributed by atoms with Gasteiger partial charge in [0, 0.05) is 38.7 Å². The van der Waals surface area contributed by atoms with Gasteiger partial charge in [-0.25, -0.2) is 0 Å². The second-order valence-electron chi connectivity index (χ2n) is 7.50. The summed E-state index contributed by atoms with van der Waals surface area (Å²) in [5.41, 5.74) is -0.216. The van der Waals surface area contributed by atoms with Crippen molar-refractivity contribution in [3.05, 3.63) is 33.9 Å². The van der Waals surface area contributed by atoms with E-state index in [0.717, 1.165) is 6.42 Å². The molecule has 1 saturated carbocycles. The van der Waals surface area contributed by atoms with Crippen LogP contribution in [0.25, 0.3) is 0 Å². The van der Waals surface area contributed by atoms with Crippen LogP contribution in [0.5, 0.6) is 5.75 Å². The monoisotopic (exact) mass is 389 g/mol. The fraction of sp³-hybridized carbons (Fsp3) is 0.600. The number of methoxy groups -OCH3 is 1. The van der Waals surface area contributed by atoms with Gasteiger partial charge >= 0.3 is 0 Å². The molecule has 0 radical (unpaired) electrons. The molecule has 0 N–H and O–H groups in total. The molecule has 0 aromatic heterocycles. The van der Waals surface area contributed by atoms with Crippen LogP contribution in [0.15, 0.2) is 18.2 Å². The Morgan fingerprint density at radius 1 is 1.14 bits per heavy atom. The number of hydrogen-bond acceptors (Lipinski definition) is 5. The third-order valence-electron chi connectivity index (χ3n) is 5.79. The van der Waals surface area contributed by atoms with E-state index in [1.54, 1.807) is 9.80 Å². The average molecular weight is 389 g/mol. The third kappa shape index (κ3) is 4.61. The highest BCUT2D eigenvalue weighted by atomic mass is 16.6. The standard InChI is InChI=1S/C20H27N3O5/c1-28-16-7-8-18(23(26)27)17(14-16)20(25)22-12-10-21(11-13-22)19(24)9-6-15-4-2-3-5-15/h7-8,14-15H,2-6,9-13H2,1H3. The van der Waals surface area contributed by atoms with Crippen molar-refractivity contribution < 1.29 is 19.2 Å². The van der Waals surface area contributed by atoms with Crippen LogP contribution in [0.1, 0.15) is 48.9 Å². The maximum Gasteiger partial charge on any atom is 0.282 e. The van der Waals surface area contributed by atoms with Crippen molar-refractivity contribution in [1.82, 2.24) is 9.80 Å². The fourth-order valence-electron chi connectivity index (χ4n) is 4.09. The molecule has 28 heavy (non-hydrogen) atoms. The summed E-state index contributed by atoms with van der Waals surface area (Å²) in [7, 11) is 1.45. The van der Waals surface area contributed by atoms with E-state index in [0.29, 0.717) is 44.3 Å². The summed E-state index contributed by atoms with van der Waals surface area (Å²) in [6.07, 6.45) is 6.53. The van der Waals surface area contributed by atoms with Gasteiger partial charge in [-0.1, -0.05) is 25.7 Å². The number of ether oxygens (including phenoxy) is 1. The number of amides is 2. The molecule has 1 aromatic rings. The quantitative estimate of drug-likeness (QED) is 0.551. The predicted molar refractivity (Wildman–Crippen MR) is 103 cm³/mol.